The van der Waals surface area contributed by atoms with Crippen LogP contribution in [0.5, 0.6) is 0 Å². The van der Waals surface area contributed by atoms with E-state index in [4.69, 9.17) is 15.2 Å². The number of unbranched alkanes of at least 4 members (excludes halogenated alkanes) is 1. The van der Waals surface area contributed by atoms with Gasteiger partial charge >= 0.3 is 12.1 Å². The Labute approximate surface area is 133 Å². The minimum atomic E-state index is -0.655. The lowest BCUT2D eigenvalue weighted by Crippen LogP contribution is -2.50. The molecule has 0 aromatic heterocycles. The van der Waals surface area contributed by atoms with Crippen molar-refractivity contribution in [3.63, 3.8) is 0 Å². The van der Waals surface area contributed by atoms with Crippen LogP contribution < -0.4 is 5.73 Å². The van der Waals surface area contributed by atoms with E-state index in [0.717, 1.165) is 25.7 Å². The van der Waals surface area contributed by atoms with Gasteiger partial charge in [-0.2, -0.15) is 0 Å². The molecular weight excluding hydrogens is 284 g/mol. The van der Waals surface area contributed by atoms with E-state index in [1.165, 1.54) is 0 Å². The van der Waals surface area contributed by atoms with Crippen LogP contribution in [0.3, 0.4) is 0 Å². The van der Waals surface area contributed by atoms with Gasteiger partial charge in [-0.05, 0) is 59.9 Å². The van der Waals surface area contributed by atoms with Crippen LogP contribution in [0.25, 0.3) is 0 Å². The summed E-state index contributed by atoms with van der Waals surface area (Å²) in [6.45, 7) is 9.30. The predicted molar refractivity (Wildman–Crippen MR) is 84.4 cm³/mol. The number of rotatable bonds is 5. The molecule has 0 radical (unpaired) electrons. The molecule has 0 aromatic rings. The molecule has 128 valence electrons. The van der Waals surface area contributed by atoms with Crippen LogP contribution in [-0.2, 0) is 14.3 Å². The van der Waals surface area contributed by atoms with Gasteiger partial charge in [-0.1, -0.05) is 0 Å². The molecule has 0 saturated carbocycles. The van der Waals surface area contributed by atoms with Crippen LogP contribution in [-0.4, -0.2) is 48.8 Å². The summed E-state index contributed by atoms with van der Waals surface area (Å²) in [4.78, 5) is 26.1. The fraction of sp³-hybridized carbons (Fsp3) is 0.875. The number of esters is 1. The third-order valence-electron chi connectivity index (χ3n) is 3.67. The number of piperidine rings is 1. The van der Waals surface area contributed by atoms with Crippen molar-refractivity contribution in [2.24, 2.45) is 11.1 Å². The summed E-state index contributed by atoms with van der Waals surface area (Å²) in [5, 5.41) is 0. The number of nitrogens with zero attached hydrogens (tertiary/aromatic N) is 1. The summed E-state index contributed by atoms with van der Waals surface area (Å²) >= 11 is 0. The molecule has 22 heavy (non-hydrogen) atoms. The number of carbonyl (C=O) groups is 2. The molecule has 1 atom stereocenters. The van der Waals surface area contributed by atoms with Gasteiger partial charge < -0.3 is 20.1 Å². The van der Waals surface area contributed by atoms with Crippen LogP contribution in [0.15, 0.2) is 0 Å². The van der Waals surface area contributed by atoms with Crippen molar-refractivity contribution in [3.8, 4) is 0 Å². The van der Waals surface area contributed by atoms with Gasteiger partial charge in [0.1, 0.15) is 5.60 Å². The van der Waals surface area contributed by atoms with E-state index in [0.29, 0.717) is 26.2 Å². The summed E-state index contributed by atoms with van der Waals surface area (Å²) in [6.07, 6.45) is 2.74. The monoisotopic (exact) mass is 314 g/mol. The lowest BCUT2D eigenvalue weighted by molar-refractivity contribution is -0.158. The van der Waals surface area contributed by atoms with Crippen molar-refractivity contribution < 1.29 is 19.1 Å². The molecule has 0 bridgehead atoms. The highest BCUT2D eigenvalue weighted by Crippen LogP contribution is 2.31. The van der Waals surface area contributed by atoms with Crippen LogP contribution in [0.2, 0.25) is 0 Å². The van der Waals surface area contributed by atoms with Crippen LogP contribution in [0.1, 0.15) is 53.4 Å². The fourth-order valence-electron chi connectivity index (χ4n) is 2.47. The Kier molecular flexibility index (Phi) is 6.66. The zero-order valence-corrected chi connectivity index (χ0v) is 14.3. The van der Waals surface area contributed by atoms with Gasteiger partial charge in [-0.15, -0.1) is 0 Å². The average molecular weight is 314 g/mol. The molecule has 1 aliphatic heterocycles. The maximum Gasteiger partial charge on any atom is 0.410 e. The zero-order chi connectivity index (χ0) is 16.8. The second-order valence-corrected chi connectivity index (χ2v) is 7.20. The molecule has 1 rings (SSSR count). The Morgan fingerprint density at radius 2 is 1.95 bits per heavy atom. The summed E-state index contributed by atoms with van der Waals surface area (Å²) in [5.74, 6) is -0.238. The van der Waals surface area contributed by atoms with E-state index in [1.807, 2.05) is 27.7 Å². The van der Waals surface area contributed by atoms with Crippen LogP contribution in [0.4, 0.5) is 4.79 Å². The van der Waals surface area contributed by atoms with Gasteiger partial charge in [0.2, 0.25) is 0 Å². The van der Waals surface area contributed by atoms with Gasteiger partial charge in [0.05, 0.1) is 12.0 Å². The Bertz CT molecular complexity index is 392. The molecule has 1 fully saturated rings. The van der Waals surface area contributed by atoms with Gasteiger partial charge in [-0.3, -0.25) is 4.79 Å². The number of amides is 1. The summed E-state index contributed by atoms with van der Waals surface area (Å²) in [6, 6.07) is 0. The second-order valence-electron chi connectivity index (χ2n) is 7.20. The summed E-state index contributed by atoms with van der Waals surface area (Å²) in [5.41, 5.74) is 4.23. The van der Waals surface area contributed by atoms with E-state index >= 15 is 0 Å². The quantitative estimate of drug-likeness (QED) is 0.622. The molecule has 0 spiro atoms. The standard InChI is InChI=1S/C16H30N2O4/c1-15(2,3)22-14(20)18-10-7-8-16(4,12-18)13(19)21-11-6-5-9-17/h5-12,17H2,1-4H3. The van der Waals surface area contributed by atoms with Crippen molar-refractivity contribution in [1.82, 2.24) is 4.90 Å². The Morgan fingerprint density at radius 1 is 1.27 bits per heavy atom. The van der Waals surface area contributed by atoms with E-state index < -0.39 is 11.0 Å². The van der Waals surface area contributed by atoms with Crippen molar-refractivity contribution in [2.75, 3.05) is 26.2 Å². The summed E-state index contributed by atoms with van der Waals surface area (Å²) in [7, 11) is 0. The highest BCUT2D eigenvalue weighted by Gasteiger charge is 2.41. The molecule has 1 aliphatic rings. The first kappa shape index (κ1) is 18.7. The Hall–Kier alpha value is -1.30. The number of hydrogen-bond acceptors (Lipinski definition) is 5. The maximum atomic E-state index is 12.3. The molecule has 1 saturated heterocycles. The topological polar surface area (TPSA) is 81.9 Å². The van der Waals surface area contributed by atoms with Gasteiger partial charge in [0.25, 0.3) is 0 Å². The molecule has 1 heterocycles. The van der Waals surface area contributed by atoms with E-state index in [1.54, 1.807) is 4.90 Å². The molecule has 6 heteroatoms. The maximum absolute atomic E-state index is 12.3. The van der Waals surface area contributed by atoms with E-state index in [9.17, 15) is 9.59 Å². The molecule has 6 nitrogen and oxygen atoms in total. The fourth-order valence-corrected chi connectivity index (χ4v) is 2.47. The zero-order valence-electron chi connectivity index (χ0n) is 14.3. The van der Waals surface area contributed by atoms with Gasteiger partial charge in [-0.25, -0.2) is 4.79 Å². The first-order valence-electron chi connectivity index (χ1n) is 8.03. The Morgan fingerprint density at radius 3 is 2.55 bits per heavy atom. The second kappa shape index (κ2) is 7.81. The first-order chi connectivity index (χ1) is 10.2. The van der Waals surface area contributed by atoms with Crippen molar-refractivity contribution >= 4 is 12.1 Å². The number of carbonyl (C=O) groups excluding carboxylic acids is 2. The smallest absolute Gasteiger partial charge is 0.410 e. The lowest BCUT2D eigenvalue weighted by Gasteiger charge is -2.39. The normalized spacial score (nSPS) is 22.3. The van der Waals surface area contributed by atoms with Crippen LogP contribution in [0, 0.1) is 5.41 Å². The number of likely N-dealkylation sites (tertiary alicyclic amines) is 1. The SMILES string of the molecule is CC(C)(C)OC(=O)N1CCCC(C)(C(=O)OCCCCN)C1. The van der Waals surface area contributed by atoms with E-state index in [2.05, 4.69) is 0 Å². The summed E-state index contributed by atoms with van der Waals surface area (Å²) < 4.78 is 10.7. The largest absolute Gasteiger partial charge is 0.465 e. The first-order valence-corrected chi connectivity index (χ1v) is 8.03. The molecule has 2 N–H and O–H groups in total. The molecule has 0 aliphatic carbocycles. The lowest BCUT2D eigenvalue weighted by atomic mass is 9.82. The highest BCUT2D eigenvalue weighted by atomic mass is 16.6. The predicted octanol–water partition coefficient (Wildman–Crippen LogP) is 2.31. The van der Waals surface area contributed by atoms with Gasteiger partial charge in [0, 0.05) is 13.1 Å². The minimum Gasteiger partial charge on any atom is -0.465 e. The van der Waals surface area contributed by atoms with E-state index in [-0.39, 0.29) is 12.1 Å². The number of nitrogens with two attached hydrogens (primary N) is 1. The van der Waals surface area contributed by atoms with Gasteiger partial charge in [0.15, 0.2) is 0 Å². The van der Waals surface area contributed by atoms with Crippen molar-refractivity contribution in [2.45, 2.75) is 59.0 Å². The highest BCUT2D eigenvalue weighted by molar-refractivity contribution is 5.78. The van der Waals surface area contributed by atoms with Crippen LogP contribution >= 0.6 is 0 Å². The van der Waals surface area contributed by atoms with Crippen molar-refractivity contribution in [1.29, 1.82) is 0 Å². The number of ether oxygens (including phenoxy) is 2. The third kappa shape index (κ3) is 5.83. The molecule has 1 amide bonds. The average Bonchev–Trinajstić information content (AvgIpc) is 2.41. The Balaban J connectivity index is 2.56. The van der Waals surface area contributed by atoms with Crippen molar-refractivity contribution in [3.05, 3.63) is 0 Å². The number of hydrogen-bond donors (Lipinski definition) is 1. The third-order valence-corrected chi connectivity index (χ3v) is 3.67. The molecular formula is C16H30N2O4. The minimum absolute atomic E-state index is 0.238. The molecule has 0 aromatic carbocycles. The molecule has 1 unspecified atom stereocenters.